The first-order valence-corrected chi connectivity index (χ1v) is 10.9. The van der Waals surface area contributed by atoms with E-state index in [-0.39, 0.29) is 23.4 Å². The van der Waals surface area contributed by atoms with Crippen LogP contribution in [0.25, 0.3) is 5.69 Å². The van der Waals surface area contributed by atoms with Crippen LogP contribution in [0.3, 0.4) is 0 Å². The molecule has 1 fully saturated rings. The quantitative estimate of drug-likeness (QED) is 0.496. The Morgan fingerprint density at radius 3 is 2.50 bits per heavy atom. The lowest BCUT2D eigenvalue weighted by Crippen LogP contribution is -2.33. The Bertz CT molecular complexity index is 965. The molecule has 10 heteroatoms. The van der Waals surface area contributed by atoms with E-state index in [4.69, 9.17) is 0 Å². The molecule has 1 atom stereocenters. The van der Waals surface area contributed by atoms with Crippen molar-refractivity contribution in [2.45, 2.75) is 49.7 Å². The molecule has 1 aliphatic heterocycles. The van der Waals surface area contributed by atoms with Crippen LogP contribution in [0, 0.1) is 5.82 Å². The van der Waals surface area contributed by atoms with Crippen LogP contribution in [0.4, 0.5) is 13.2 Å². The van der Waals surface area contributed by atoms with Crippen molar-refractivity contribution in [2.75, 3.05) is 13.1 Å². The van der Waals surface area contributed by atoms with E-state index in [0.29, 0.717) is 5.16 Å². The van der Waals surface area contributed by atoms with Crippen LogP contribution in [-0.4, -0.2) is 42.3 Å². The predicted octanol–water partition coefficient (Wildman–Crippen LogP) is 4.84. The first kappa shape index (κ1) is 20.9. The molecule has 0 aliphatic carbocycles. The van der Waals surface area contributed by atoms with Gasteiger partial charge in [0.2, 0.25) is 0 Å². The zero-order valence-electron chi connectivity index (χ0n) is 16.6. The minimum absolute atomic E-state index is 0.0280. The predicted molar refractivity (Wildman–Crippen MR) is 108 cm³/mol. The Kier molecular flexibility index (Phi) is 6.43. The van der Waals surface area contributed by atoms with E-state index >= 15 is 0 Å². The summed E-state index contributed by atoms with van der Waals surface area (Å²) >= 11 is 1.28. The lowest BCUT2D eigenvalue weighted by atomic mass is 10.1. The number of halogens is 3. The van der Waals surface area contributed by atoms with Gasteiger partial charge < -0.3 is 0 Å². The zero-order valence-corrected chi connectivity index (χ0v) is 17.4. The molecule has 0 spiro atoms. The number of thioether (sulfide) groups is 1. The third-order valence-corrected chi connectivity index (χ3v) is 6.27. The number of piperidine rings is 1. The largest absolute Gasteiger partial charge is 0.319 e. The van der Waals surface area contributed by atoms with Gasteiger partial charge in [-0.15, -0.1) is 10.2 Å². The third kappa shape index (κ3) is 4.39. The van der Waals surface area contributed by atoms with Gasteiger partial charge in [0.15, 0.2) is 11.0 Å². The molecule has 30 heavy (non-hydrogen) atoms. The Balaban J connectivity index is 1.65. The summed E-state index contributed by atoms with van der Waals surface area (Å²) in [5, 5.41) is 9.32. The second kappa shape index (κ2) is 9.22. The molecular formula is C20H23F3N6S. The highest BCUT2D eigenvalue weighted by Crippen LogP contribution is 2.31. The van der Waals surface area contributed by atoms with Crippen molar-refractivity contribution < 1.29 is 13.2 Å². The summed E-state index contributed by atoms with van der Waals surface area (Å²) in [6.45, 7) is 1.43. The first-order chi connectivity index (χ1) is 14.5. The maximum absolute atomic E-state index is 13.5. The van der Waals surface area contributed by atoms with E-state index in [9.17, 15) is 13.2 Å². The highest BCUT2D eigenvalue weighted by atomic mass is 32.2. The van der Waals surface area contributed by atoms with Crippen molar-refractivity contribution in [1.29, 1.82) is 0 Å². The lowest BCUT2D eigenvalue weighted by Gasteiger charge is -2.31. The van der Waals surface area contributed by atoms with Crippen molar-refractivity contribution in [2.24, 2.45) is 0 Å². The SMILES string of the molecule is CC(c1nnc(SCc2nccn2C(F)F)n1-c1ccc(F)cc1)N1CCCCC1. The molecule has 0 bridgehead atoms. The van der Waals surface area contributed by atoms with Crippen LogP contribution in [0.1, 0.15) is 50.4 Å². The van der Waals surface area contributed by atoms with Gasteiger partial charge in [0.25, 0.3) is 0 Å². The molecule has 1 aromatic carbocycles. The van der Waals surface area contributed by atoms with Crippen LogP contribution >= 0.6 is 11.8 Å². The van der Waals surface area contributed by atoms with E-state index in [2.05, 4.69) is 27.0 Å². The molecule has 3 aromatic rings. The average molecular weight is 437 g/mol. The summed E-state index contributed by atoms with van der Waals surface area (Å²) in [5.41, 5.74) is 0.736. The molecule has 2 aromatic heterocycles. The Morgan fingerprint density at radius 1 is 1.07 bits per heavy atom. The third-order valence-electron chi connectivity index (χ3n) is 5.34. The summed E-state index contributed by atoms with van der Waals surface area (Å²) in [6, 6.07) is 6.16. The van der Waals surface area contributed by atoms with E-state index in [1.165, 1.54) is 42.7 Å². The number of benzene rings is 1. The molecule has 0 saturated carbocycles. The Morgan fingerprint density at radius 2 is 1.80 bits per heavy atom. The van der Waals surface area contributed by atoms with Crippen molar-refractivity contribution in [3.8, 4) is 5.69 Å². The number of rotatable bonds is 7. The highest BCUT2D eigenvalue weighted by Gasteiger charge is 2.26. The van der Waals surface area contributed by atoms with E-state index in [1.54, 1.807) is 12.1 Å². The Labute approximate surface area is 177 Å². The fourth-order valence-corrected chi connectivity index (χ4v) is 4.62. The van der Waals surface area contributed by atoms with Crippen molar-refractivity contribution in [1.82, 2.24) is 29.2 Å². The molecule has 1 aliphatic rings. The van der Waals surface area contributed by atoms with Gasteiger partial charge >= 0.3 is 6.55 Å². The second-order valence-electron chi connectivity index (χ2n) is 7.24. The molecular weight excluding hydrogens is 413 g/mol. The minimum atomic E-state index is -2.65. The smallest absolute Gasteiger partial charge is 0.294 e. The number of alkyl halides is 2. The molecule has 6 nitrogen and oxygen atoms in total. The zero-order chi connectivity index (χ0) is 21.1. The van der Waals surface area contributed by atoms with Gasteiger partial charge in [0, 0.05) is 18.1 Å². The summed E-state index contributed by atoms with van der Waals surface area (Å²) in [6.07, 6.45) is 6.14. The summed E-state index contributed by atoms with van der Waals surface area (Å²) in [4.78, 5) is 6.40. The van der Waals surface area contributed by atoms with Gasteiger partial charge in [-0.25, -0.2) is 9.37 Å². The molecule has 0 amide bonds. The number of aromatic nitrogens is 5. The number of hydrogen-bond acceptors (Lipinski definition) is 5. The number of likely N-dealkylation sites (tertiary alicyclic amines) is 1. The molecule has 4 rings (SSSR count). The molecule has 0 N–H and O–H groups in total. The molecule has 1 saturated heterocycles. The van der Waals surface area contributed by atoms with Gasteiger partial charge in [-0.2, -0.15) is 8.78 Å². The molecule has 1 unspecified atom stereocenters. The van der Waals surface area contributed by atoms with E-state index < -0.39 is 6.55 Å². The van der Waals surface area contributed by atoms with Gasteiger partial charge in [-0.1, -0.05) is 18.2 Å². The van der Waals surface area contributed by atoms with Gasteiger partial charge in [0.1, 0.15) is 11.6 Å². The molecule has 160 valence electrons. The normalized spacial score (nSPS) is 16.3. The lowest BCUT2D eigenvalue weighted by molar-refractivity contribution is 0.0678. The average Bonchev–Trinajstić information content (AvgIpc) is 3.40. The van der Waals surface area contributed by atoms with Crippen molar-refractivity contribution in [3.63, 3.8) is 0 Å². The van der Waals surface area contributed by atoms with Crippen molar-refractivity contribution in [3.05, 3.63) is 54.1 Å². The van der Waals surface area contributed by atoms with Gasteiger partial charge in [-0.05, 0) is 57.1 Å². The maximum atomic E-state index is 13.5. The number of imidazole rings is 1. The fourth-order valence-electron chi connectivity index (χ4n) is 3.71. The maximum Gasteiger partial charge on any atom is 0.319 e. The topological polar surface area (TPSA) is 51.8 Å². The van der Waals surface area contributed by atoms with Crippen LogP contribution in [-0.2, 0) is 5.75 Å². The monoisotopic (exact) mass is 436 g/mol. The molecule has 3 heterocycles. The second-order valence-corrected chi connectivity index (χ2v) is 8.18. The first-order valence-electron chi connectivity index (χ1n) is 9.92. The van der Waals surface area contributed by atoms with E-state index in [1.807, 2.05) is 4.57 Å². The highest BCUT2D eigenvalue weighted by molar-refractivity contribution is 7.98. The van der Waals surface area contributed by atoms with E-state index in [0.717, 1.165) is 42.0 Å². The minimum Gasteiger partial charge on any atom is -0.294 e. The molecule has 0 radical (unpaired) electrons. The van der Waals surface area contributed by atoms with Gasteiger partial charge in [-0.3, -0.25) is 14.0 Å². The summed E-state index contributed by atoms with van der Waals surface area (Å²) < 4.78 is 42.5. The fraction of sp³-hybridized carbons (Fsp3) is 0.450. The van der Waals surface area contributed by atoms with Crippen LogP contribution in [0.15, 0.2) is 41.8 Å². The summed E-state index contributed by atoms with van der Waals surface area (Å²) in [7, 11) is 0. The number of nitrogens with zero attached hydrogens (tertiary/aromatic N) is 6. The number of hydrogen-bond donors (Lipinski definition) is 0. The van der Waals surface area contributed by atoms with Crippen LogP contribution < -0.4 is 0 Å². The Hall–Kier alpha value is -2.33. The van der Waals surface area contributed by atoms with Crippen molar-refractivity contribution >= 4 is 11.8 Å². The standard InChI is InChI=1S/C20H23F3N6S/c1-14(27-10-3-2-4-11-27)18-25-26-20(29(18)16-7-5-15(21)6-8-16)30-13-17-24-9-12-28(17)19(22)23/h5-9,12,14,19H,2-4,10-11,13H2,1H3. The van der Waals surface area contributed by atoms with Crippen LogP contribution in [0.5, 0.6) is 0 Å². The summed E-state index contributed by atoms with van der Waals surface area (Å²) in [5.74, 6) is 0.900. The van der Waals surface area contributed by atoms with Gasteiger partial charge in [0.05, 0.1) is 11.8 Å². The van der Waals surface area contributed by atoms with Crippen LogP contribution in [0.2, 0.25) is 0 Å².